The molecular formula is C113H228O16. The number of aliphatic hydroxyl groups excluding tert-OH is 4. The fourth-order valence-corrected chi connectivity index (χ4v) is 16.2. The van der Waals surface area contributed by atoms with Crippen LogP contribution in [-0.4, -0.2) is 113 Å². The molecule has 0 aliphatic carbocycles. The average Bonchev–Trinajstić information content (AvgIpc) is 0.913. The first-order chi connectivity index (χ1) is 62.9. The fraction of sp³-hybridized carbons (Fsp3) is 0.947. The summed E-state index contributed by atoms with van der Waals surface area (Å²) in [6.45, 7) is 12.0. The van der Waals surface area contributed by atoms with E-state index in [1.54, 1.807) is 0 Å². The highest BCUT2D eigenvalue weighted by molar-refractivity contribution is 5.68. The van der Waals surface area contributed by atoms with E-state index in [0.29, 0.717) is 38.5 Å². The molecule has 0 aliphatic heterocycles. The van der Waals surface area contributed by atoms with Gasteiger partial charge in [0.2, 0.25) is 0 Å². The van der Waals surface area contributed by atoms with Crippen molar-refractivity contribution in [3.63, 3.8) is 0 Å². The molecule has 0 unspecified atom stereocenters. The van der Waals surface area contributed by atoms with Crippen molar-refractivity contribution in [2.45, 2.75) is 658 Å². The molecule has 0 aromatic carbocycles. The van der Waals surface area contributed by atoms with Gasteiger partial charge in [0.15, 0.2) is 0 Å². The van der Waals surface area contributed by atoms with Crippen molar-refractivity contribution in [3.8, 4) is 0 Å². The Hall–Kier alpha value is -3.34. The highest BCUT2D eigenvalue weighted by Crippen LogP contribution is 2.22. The molecule has 0 aliphatic rings. The van der Waals surface area contributed by atoms with Crippen LogP contribution < -0.4 is 0 Å². The molecule has 16 nitrogen and oxygen atoms in total. The van der Waals surface area contributed by atoms with E-state index in [0.717, 1.165) is 77.0 Å². The minimum Gasteiger partial charge on any atom is -0.481 e. The summed E-state index contributed by atoms with van der Waals surface area (Å²) in [5.74, 6) is -3.92. The highest BCUT2D eigenvalue weighted by Gasteiger charge is 2.26. The normalized spacial score (nSPS) is 10.9. The molecule has 129 heavy (non-hydrogen) atoms. The number of aliphatic carboxylic acids is 6. The molecule has 0 atom stereocenters. The van der Waals surface area contributed by atoms with E-state index in [1.807, 2.05) is 0 Å². The van der Waals surface area contributed by atoms with E-state index in [1.165, 1.54) is 501 Å². The molecule has 0 bridgehead atoms. The molecule has 0 radical (unpaired) electrons. The third-order valence-corrected chi connectivity index (χ3v) is 25.3. The van der Waals surface area contributed by atoms with Crippen LogP contribution in [0, 0.1) is 5.41 Å². The largest absolute Gasteiger partial charge is 0.481 e. The van der Waals surface area contributed by atoms with Crippen molar-refractivity contribution in [1.82, 2.24) is 0 Å². The van der Waals surface area contributed by atoms with Crippen molar-refractivity contribution in [2.75, 3.05) is 26.4 Å². The number of hydrogen-bond donors (Lipinski definition) is 10. The number of carboxylic acids is 6. The second-order valence-corrected chi connectivity index (χ2v) is 38.7. The average molecular weight is 1840 g/mol. The molecule has 0 fully saturated rings. The SMILES string of the molecule is CCCCCCCCCCCCCCCCCC(=O)O.CCCCCCCCCCCCCCCCCC(=O)O.CCCCCCCCCCCCCCCCCC(=O)O.CCCCCCCCCCCCCCCCCC(=O)O.CCCCCCCCCCCCCCCCCC(=O)O.CCCCCCCCCCCCCCCCCC(=O)O.OCC(CO)(CO)CO. The van der Waals surface area contributed by atoms with Crippen LogP contribution in [-0.2, 0) is 28.8 Å². The smallest absolute Gasteiger partial charge is 0.303 e. The van der Waals surface area contributed by atoms with Crippen LogP contribution in [0.3, 0.4) is 0 Å². The van der Waals surface area contributed by atoms with Gasteiger partial charge in [0.05, 0.1) is 31.8 Å². The first-order valence-corrected chi connectivity index (χ1v) is 56.6. The van der Waals surface area contributed by atoms with Gasteiger partial charge in [-0.25, -0.2) is 0 Å². The van der Waals surface area contributed by atoms with Crippen molar-refractivity contribution >= 4 is 35.8 Å². The van der Waals surface area contributed by atoms with Gasteiger partial charge >= 0.3 is 35.8 Å². The molecule has 10 N–H and O–H groups in total. The Morgan fingerprint density at radius 1 is 0.124 bits per heavy atom. The first-order valence-electron chi connectivity index (χ1n) is 56.6. The van der Waals surface area contributed by atoms with Crippen LogP contribution in [0.5, 0.6) is 0 Å². The summed E-state index contributed by atoms with van der Waals surface area (Å²) >= 11 is 0. The number of unbranched alkanes of at least 4 members (excludes halogenated alkanes) is 84. The Labute approximate surface area is 801 Å². The molecule has 776 valence electrons. The van der Waals surface area contributed by atoms with E-state index in [2.05, 4.69) is 41.5 Å². The summed E-state index contributed by atoms with van der Waals surface area (Å²) in [6.07, 6.45) is 121. The van der Waals surface area contributed by atoms with Gasteiger partial charge in [-0.1, -0.05) is 581 Å². The zero-order valence-corrected chi connectivity index (χ0v) is 87.1. The summed E-state index contributed by atoms with van der Waals surface area (Å²) in [6, 6.07) is 0. The first kappa shape index (κ1) is 139. The maximum Gasteiger partial charge on any atom is 0.303 e. The topological polar surface area (TPSA) is 305 Å². The summed E-state index contributed by atoms with van der Waals surface area (Å²) in [4.78, 5) is 62.0. The van der Waals surface area contributed by atoms with E-state index in [-0.39, 0.29) is 0 Å². The molecule has 0 aromatic heterocycles. The third kappa shape index (κ3) is 153. The predicted octanol–water partition coefficient (Wildman–Crippen LogP) is 35.9. The zero-order valence-electron chi connectivity index (χ0n) is 87.1. The molecule has 0 saturated carbocycles. The monoisotopic (exact) mass is 1840 g/mol. The van der Waals surface area contributed by atoms with Crippen LogP contribution in [0.25, 0.3) is 0 Å². The van der Waals surface area contributed by atoms with Gasteiger partial charge in [0.1, 0.15) is 0 Å². The predicted molar refractivity (Wildman–Crippen MR) is 554 cm³/mol. The van der Waals surface area contributed by atoms with E-state index < -0.39 is 67.7 Å². The summed E-state index contributed by atoms with van der Waals surface area (Å²) < 4.78 is 0. The van der Waals surface area contributed by atoms with Gasteiger partial charge < -0.3 is 51.1 Å². The van der Waals surface area contributed by atoms with Crippen molar-refractivity contribution < 1.29 is 79.8 Å². The molecule has 16 heteroatoms. The lowest BCUT2D eigenvalue weighted by atomic mass is 9.93. The van der Waals surface area contributed by atoms with Gasteiger partial charge in [-0.3, -0.25) is 28.8 Å². The Morgan fingerprint density at radius 2 is 0.186 bits per heavy atom. The molecule has 0 rings (SSSR count). The fourth-order valence-electron chi connectivity index (χ4n) is 16.2. The minimum atomic E-state index is -1.11. The van der Waals surface area contributed by atoms with E-state index in [4.69, 9.17) is 51.1 Å². The van der Waals surface area contributed by atoms with Crippen LogP contribution >= 0.6 is 0 Å². The lowest BCUT2D eigenvalue weighted by molar-refractivity contribution is -0.138. The van der Waals surface area contributed by atoms with Crippen molar-refractivity contribution in [1.29, 1.82) is 0 Å². The molecule has 0 spiro atoms. The second kappa shape index (κ2) is 131. The Bertz CT molecular complexity index is 1710. The van der Waals surface area contributed by atoms with Gasteiger partial charge in [0, 0.05) is 38.5 Å². The standard InChI is InChI=1S/6C18H36O2.C5H12O4/c6*1-2-3-4-5-6-7-8-9-10-11-12-13-14-15-16-17-18(19)20;6-1-5(2-7,3-8)4-9/h6*2-17H2,1H3,(H,19,20);6-9H,1-4H2. The van der Waals surface area contributed by atoms with Crippen molar-refractivity contribution in [3.05, 3.63) is 0 Å². The number of rotatable bonds is 100. The summed E-state index contributed by atoms with van der Waals surface area (Å²) in [5, 5.41) is 85.1. The molecule has 0 aromatic rings. The maximum absolute atomic E-state index is 10.3. The zero-order chi connectivity index (χ0) is 96.7. The number of carboxylic acid groups (broad SMARTS) is 6. The number of aliphatic hydroxyl groups is 4. The van der Waals surface area contributed by atoms with E-state index >= 15 is 0 Å². The van der Waals surface area contributed by atoms with E-state index in [9.17, 15) is 28.8 Å². The number of hydrogen-bond acceptors (Lipinski definition) is 10. The van der Waals surface area contributed by atoms with Crippen molar-refractivity contribution in [2.24, 2.45) is 5.41 Å². The molecule has 0 saturated heterocycles. The lowest BCUT2D eigenvalue weighted by Gasteiger charge is -2.23. The lowest BCUT2D eigenvalue weighted by Crippen LogP contribution is -2.37. The van der Waals surface area contributed by atoms with Gasteiger partial charge in [-0.2, -0.15) is 0 Å². The summed E-state index contributed by atoms with van der Waals surface area (Å²) in [5.41, 5.74) is -1.11. The molecular weight excluding hydrogens is 1610 g/mol. The third-order valence-electron chi connectivity index (χ3n) is 25.3. The van der Waals surface area contributed by atoms with Gasteiger partial charge in [-0.15, -0.1) is 0 Å². The Balaban J connectivity index is -0.000000271. The Morgan fingerprint density at radius 3 is 0.233 bits per heavy atom. The number of carbonyl (C=O) groups is 6. The molecule has 0 heterocycles. The van der Waals surface area contributed by atoms with Crippen LogP contribution in [0.4, 0.5) is 0 Å². The second-order valence-electron chi connectivity index (χ2n) is 38.7. The van der Waals surface area contributed by atoms with Crippen LogP contribution in [0.1, 0.15) is 658 Å². The molecule has 0 amide bonds. The van der Waals surface area contributed by atoms with Gasteiger partial charge in [-0.05, 0) is 38.5 Å². The summed E-state index contributed by atoms with van der Waals surface area (Å²) in [7, 11) is 0. The van der Waals surface area contributed by atoms with Crippen LogP contribution in [0.2, 0.25) is 0 Å². The van der Waals surface area contributed by atoms with Crippen LogP contribution in [0.15, 0.2) is 0 Å². The quantitative estimate of drug-likeness (QED) is 0.0253. The minimum absolute atomic E-state index is 0.345. The van der Waals surface area contributed by atoms with Gasteiger partial charge in [0.25, 0.3) is 0 Å². The maximum atomic E-state index is 10.3. The highest BCUT2D eigenvalue weighted by atomic mass is 16.4. The Kier molecular flexibility index (Phi) is 141.